The van der Waals surface area contributed by atoms with E-state index in [-0.39, 0.29) is 0 Å². The van der Waals surface area contributed by atoms with Crippen LogP contribution >= 0.6 is 11.8 Å². The Kier molecular flexibility index (Phi) is 4.49. The second kappa shape index (κ2) is 6.11. The number of amidine groups is 1. The number of hydrogen-bond donors (Lipinski definition) is 1. The van der Waals surface area contributed by atoms with Crippen LogP contribution in [0.25, 0.3) is 0 Å². The fourth-order valence-corrected chi connectivity index (χ4v) is 2.19. The van der Waals surface area contributed by atoms with Crippen molar-refractivity contribution in [3.05, 3.63) is 23.8 Å². The number of nitrogens with zero attached hydrogens (tertiary/aromatic N) is 2. The number of morpholine rings is 1. The standard InChI is InChI=1S/C13H19N3OS/c1-10-4-3-5-11(12(10)15-13(14)18-2)16-6-8-17-9-7-16/h3-5H,6-9H2,1-2H3,(H2,14,15). The Balaban J connectivity index is 2.36. The van der Waals surface area contributed by atoms with Crippen molar-refractivity contribution in [3.63, 3.8) is 0 Å². The quantitative estimate of drug-likeness (QED) is 0.657. The maximum Gasteiger partial charge on any atom is 0.158 e. The molecule has 1 heterocycles. The number of anilines is 1. The van der Waals surface area contributed by atoms with Gasteiger partial charge in [0, 0.05) is 13.1 Å². The van der Waals surface area contributed by atoms with Crippen LogP contribution in [0.4, 0.5) is 11.4 Å². The van der Waals surface area contributed by atoms with Crippen molar-refractivity contribution in [2.75, 3.05) is 37.5 Å². The van der Waals surface area contributed by atoms with Gasteiger partial charge in [0.05, 0.1) is 24.6 Å². The van der Waals surface area contributed by atoms with Crippen LogP contribution in [0, 0.1) is 6.92 Å². The van der Waals surface area contributed by atoms with Gasteiger partial charge < -0.3 is 15.4 Å². The highest BCUT2D eigenvalue weighted by Gasteiger charge is 2.15. The van der Waals surface area contributed by atoms with Crippen molar-refractivity contribution in [2.24, 2.45) is 10.7 Å². The molecular formula is C13H19N3OS. The third kappa shape index (κ3) is 2.97. The lowest BCUT2D eigenvalue weighted by Crippen LogP contribution is -2.36. The Bertz CT molecular complexity index is 442. The fourth-order valence-electron chi connectivity index (χ4n) is 2.00. The Morgan fingerprint density at radius 2 is 2.11 bits per heavy atom. The average Bonchev–Trinajstić information content (AvgIpc) is 2.42. The smallest absolute Gasteiger partial charge is 0.158 e. The minimum absolute atomic E-state index is 0.596. The SMILES string of the molecule is CSC(N)=Nc1c(C)cccc1N1CCOCC1. The molecule has 0 atom stereocenters. The fraction of sp³-hybridized carbons (Fsp3) is 0.462. The maximum absolute atomic E-state index is 5.84. The van der Waals surface area contributed by atoms with E-state index in [0.29, 0.717) is 5.17 Å². The highest BCUT2D eigenvalue weighted by atomic mass is 32.2. The van der Waals surface area contributed by atoms with E-state index in [1.165, 1.54) is 11.8 Å². The van der Waals surface area contributed by atoms with Crippen LogP contribution in [-0.2, 0) is 4.74 Å². The molecule has 4 nitrogen and oxygen atoms in total. The molecule has 1 aromatic carbocycles. The topological polar surface area (TPSA) is 50.8 Å². The van der Waals surface area contributed by atoms with Gasteiger partial charge in [-0.1, -0.05) is 23.9 Å². The molecule has 98 valence electrons. The number of nitrogens with two attached hydrogens (primary N) is 1. The molecule has 1 aromatic rings. The molecule has 0 radical (unpaired) electrons. The molecule has 0 spiro atoms. The normalized spacial score (nSPS) is 17.0. The van der Waals surface area contributed by atoms with E-state index >= 15 is 0 Å². The zero-order valence-corrected chi connectivity index (χ0v) is 11.7. The molecule has 2 rings (SSSR count). The maximum atomic E-state index is 5.84. The molecule has 2 N–H and O–H groups in total. The Morgan fingerprint density at radius 1 is 1.39 bits per heavy atom. The van der Waals surface area contributed by atoms with E-state index in [4.69, 9.17) is 10.5 Å². The summed E-state index contributed by atoms with van der Waals surface area (Å²) in [7, 11) is 0. The van der Waals surface area contributed by atoms with Crippen molar-refractivity contribution in [1.29, 1.82) is 0 Å². The van der Waals surface area contributed by atoms with Gasteiger partial charge in [-0.2, -0.15) is 0 Å². The van der Waals surface area contributed by atoms with E-state index in [0.717, 1.165) is 43.2 Å². The second-order valence-electron chi connectivity index (χ2n) is 4.20. The van der Waals surface area contributed by atoms with Gasteiger partial charge in [-0.25, -0.2) is 4.99 Å². The molecule has 5 heteroatoms. The summed E-state index contributed by atoms with van der Waals surface area (Å²) in [6.07, 6.45) is 1.94. The van der Waals surface area contributed by atoms with Crippen molar-refractivity contribution in [1.82, 2.24) is 0 Å². The van der Waals surface area contributed by atoms with E-state index in [1.54, 1.807) is 0 Å². The molecule has 0 saturated carbocycles. The van der Waals surface area contributed by atoms with E-state index in [9.17, 15) is 0 Å². The molecule has 1 aliphatic heterocycles. The Labute approximate surface area is 112 Å². The molecule has 1 saturated heterocycles. The molecule has 0 amide bonds. The van der Waals surface area contributed by atoms with E-state index in [1.807, 2.05) is 6.26 Å². The molecule has 0 aliphatic carbocycles. The summed E-state index contributed by atoms with van der Waals surface area (Å²) in [6.45, 7) is 5.43. The van der Waals surface area contributed by atoms with Crippen LogP contribution in [0.1, 0.15) is 5.56 Å². The first kappa shape index (κ1) is 13.2. The van der Waals surface area contributed by atoms with E-state index in [2.05, 4.69) is 35.0 Å². The zero-order valence-electron chi connectivity index (χ0n) is 10.8. The monoisotopic (exact) mass is 265 g/mol. The number of thioether (sulfide) groups is 1. The molecule has 1 aliphatic rings. The van der Waals surface area contributed by atoms with Crippen molar-refractivity contribution < 1.29 is 4.74 Å². The first-order chi connectivity index (χ1) is 8.72. The number of rotatable bonds is 2. The number of para-hydroxylation sites is 1. The molecule has 0 unspecified atom stereocenters. The molecule has 0 aromatic heterocycles. The number of aliphatic imine (C=N–C) groups is 1. The van der Waals surface area contributed by atoms with Crippen molar-refractivity contribution >= 4 is 28.3 Å². The predicted molar refractivity (Wildman–Crippen MR) is 79.0 cm³/mol. The second-order valence-corrected chi connectivity index (χ2v) is 5.02. The molecule has 0 bridgehead atoms. The van der Waals surface area contributed by atoms with E-state index < -0.39 is 0 Å². The lowest BCUT2D eigenvalue weighted by atomic mass is 10.1. The van der Waals surface area contributed by atoms with Gasteiger partial charge in [-0.15, -0.1) is 0 Å². The van der Waals surface area contributed by atoms with Gasteiger partial charge in [0.25, 0.3) is 0 Å². The van der Waals surface area contributed by atoms with Gasteiger partial charge in [0.2, 0.25) is 0 Å². The summed E-state index contributed by atoms with van der Waals surface area (Å²) < 4.78 is 5.39. The third-order valence-corrected chi connectivity index (χ3v) is 3.51. The Hall–Kier alpha value is -1.20. The first-order valence-corrected chi connectivity index (χ1v) is 7.25. The van der Waals surface area contributed by atoms with Crippen molar-refractivity contribution in [2.45, 2.75) is 6.92 Å². The van der Waals surface area contributed by atoms with Crippen LogP contribution in [0.3, 0.4) is 0 Å². The van der Waals surface area contributed by atoms with Crippen LogP contribution in [0.15, 0.2) is 23.2 Å². The highest BCUT2D eigenvalue weighted by Crippen LogP contribution is 2.33. The predicted octanol–water partition coefficient (Wildman–Crippen LogP) is 2.14. The Morgan fingerprint density at radius 3 is 2.78 bits per heavy atom. The lowest BCUT2D eigenvalue weighted by Gasteiger charge is -2.30. The lowest BCUT2D eigenvalue weighted by molar-refractivity contribution is 0.123. The van der Waals surface area contributed by atoms with Crippen LogP contribution < -0.4 is 10.6 Å². The summed E-state index contributed by atoms with van der Waals surface area (Å²) in [5.74, 6) is 0. The van der Waals surface area contributed by atoms with Gasteiger partial charge in [-0.05, 0) is 24.8 Å². The van der Waals surface area contributed by atoms with Crippen LogP contribution in [0.5, 0.6) is 0 Å². The summed E-state index contributed by atoms with van der Waals surface area (Å²) in [5.41, 5.74) is 9.12. The number of hydrogen-bond acceptors (Lipinski definition) is 4. The molecule has 18 heavy (non-hydrogen) atoms. The van der Waals surface area contributed by atoms with Gasteiger partial charge in [0.1, 0.15) is 0 Å². The van der Waals surface area contributed by atoms with Crippen LogP contribution in [0.2, 0.25) is 0 Å². The number of ether oxygens (including phenoxy) is 1. The number of benzene rings is 1. The van der Waals surface area contributed by atoms with Crippen molar-refractivity contribution in [3.8, 4) is 0 Å². The summed E-state index contributed by atoms with van der Waals surface area (Å²) in [5, 5.41) is 0.596. The largest absolute Gasteiger partial charge is 0.378 e. The highest BCUT2D eigenvalue weighted by molar-refractivity contribution is 8.13. The van der Waals surface area contributed by atoms with Gasteiger partial charge >= 0.3 is 0 Å². The number of aryl methyl sites for hydroxylation is 1. The van der Waals surface area contributed by atoms with Gasteiger partial charge in [0.15, 0.2) is 5.17 Å². The zero-order chi connectivity index (χ0) is 13.0. The first-order valence-electron chi connectivity index (χ1n) is 6.03. The summed E-state index contributed by atoms with van der Waals surface area (Å²) in [6, 6.07) is 6.23. The summed E-state index contributed by atoms with van der Waals surface area (Å²) in [4.78, 5) is 6.84. The minimum Gasteiger partial charge on any atom is -0.378 e. The van der Waals surface area contributed by atoms with Crippen LogP contribution in [-0.4, -0.2) is 37.7 Å². The van der Waals surface area contributed by atoms with Gasteiger partial charge in [-0.3, -0.25) is 0 Å². The average molecular weight is 265 g/mol. The third-order valence-electron chi connectivity index (χ3n) is 3.00. The molecular weight excluding hydrogens is 246 g/mol. The summed E-state index contributed by atoms with van der Waals surface area (Å²) >= 11 is 1.47. The molecule has 1 fully saturated rings. The minimum atomic E-state index is 0.596.